The molecule has 1 heterocycles. The quantitative estimate of drug-likeness (QED) is 0.457. The van der Waals surface area contributed by atoms with Gasteiger partial charge in [0.25, 0.3) is 0 Å². The van der Waals surface area contributed by atoms with E-state index in [0.717, 1.165) is 3.57 Å². The van der Waals surface area contributed by atoms with E-state index in [2.05, 4.69) is 38.5 Å². The van der Waals surface area contributed by atoms with Crippen LogP contribution in [0.2, 0.25) is 0 Å². The lowest BCUT2D eigenvalue weighted by Crippen LogP contribution is -2.02. The van der Waals surface area contributed by atoms with E-state index in [9.17, 15) is 4.79 Å². The first-order valence-corrected chi connectivity index (χ1v) is 6.10. The fourth-order valence-electron chi connectivity index (χ4n) is 1.20. The Morgan fingerprint density at radius 2 is 2.07 bits per heavy atom. The molecule has 1 aliphatic rings. The Hall–Kier alpha value is -0.300. The number of ether oxygens (including phenoxy) is 2. The van der Waals surface area contributed by atoms with Crippen LogP contribution in [0.1, 0.15) is 10.4 Å². The molecule has 0 radical (unpaired) electrons. The van der Waals surface area contributed by atoms with Crippen molar-refractivity contribution < 1.29 is 14.3 Å². The average molecular weight is 369 g/mol. The van der Waals surface area contributed by atoms with Gasteiger partial charge in [-0.3, -0.25) is 4.79 Å². The maximum Gasteiger partial charge on any atom is 0.231 e. The van der Waals surface area contributed by atoms with E-state index in [1.54, 1.807) is 6.07 Å². The third kappa shape index (κ3) is 1.75. The number of rotatable bonds is 2. The number of hydrogen-bond donors (Lipinski definition) is 0. The second kappa shape index (κ2) is 4.06. The Morgan fingerprint density at radius 1 is 1.43 bits per heavy atom. The molecule has 74 valence electrons. The van der Waals surface area contributed by atoms with Gasteiger partial charge in [0.1, 0.15) is 0 Å². The van der Waals surface area contributed by atoms with Gasteiger partial charge < -0.3 is 9.47 Å². The zero-order chi connectivity index (χ0) is 10.1. The van der Waals surface area contributed by atoms with Gasteiger partial charge in [-0.25, -0.2) is 0 Å². The third-order valence-corrected chi connectivity index (χ3v) is 3.29. The number of Topliss-reactive ketones (excluding diaryl/α,β-unsaturated/α-hetero) is 1. The van der Waals surface area contributed by atoms with Crippen molar-refractivity contribution >= 4 is 44.3 Å². The Kier molecular flexibility index (Phi) is 2.96. The lowest BCUT2D eigenvalue weighted by molar-refractivity contribution is 0.102. The summed E-state index contributed by atoms with van der Waals surface area (Å²) in [5, 5.41) is 0.322. The van der Waals surface area contributed by atoms with Crippen molar-refractivity contribution in [1.29, 1.82) is 0 Å². The van der Waals surface area contributed by atoms with E-state index in [1.807, 2.05) is 6.07 Å². The van der Waals surface area contributed by atoms with Crippen molar-refractivity contribution in [3.8, 4) is 11.5 Å². The molecule has 0 bridgehead atoms. The standard InChI is InChI=1S/C9H6BrIO3/c10-3-7(12)5-1-8-9(2-6(5)11)14-4-13-8/h1-2H,3-4H2. The highest BCUT2D eigenvalue weighted by Crippen LogP contribution is 2.35. The van der Waals surface area contributed by atoms with Crippen LogP contribution in [0, 0.1) is 3.57 Å². The van der Waals surface area contributed by atoms with Crippen LogP contribution >= 0.6 is 38.5 Å². The molecule has 14 heavy (non-hydrogen) atoms. The Balaban J connectivity index is 2.47. The normalized spacial score (nSPS) is 13.0. The molecule has 0 aliphatic carbocycles. The summed E-state index contributed by atoms with van der Waals surface area (Å²) in [7, 11) is 0. The van der Waals surface area contributed by atoms with Crippen LogP contribution < -0.4 is 9.47 Å². The second-order valence-corrected chi connectivity index (χ2v) is 4.47. The van der Waals surface area contributed by atoms with Crippen LogP contribution in [-0.4, -0.2) is 17.9 Å². The molecule has 0 N–H and O–H groups in total. The maximum absolute atomic E-state index is 11.5. The fraction of sp³-hybridized carbons (Fsp3) is 0.222. The largest absolute Gasteiger partial charge is 0.454 e. The highest BCUT2D eigenvalue weighted by molar-refractivity contribution is 14.1. The lowest BCUT2D eigenvalue weighted by atomic mass is 10.1. The summed E-state index contributed by atoms with van der Waals surface area (Å²) >= 11 is 5.26. The molecule has 0 aromatic heterocycles. The number of benzene rings is 1. The monoisotopic (exact) mass is 368 g/mol. The molecular weight excluding hydrogens is 363 g/mol. The minimum atomic E-state index is 0.0488. The van der Waals surface area contributed by atoms with Crippen LogP contribution in [0.4, 0.5) is 0 Å². The Morgan fingerprint density at radius 3 is 2.71 bits per heavy atom. The predicted molar refractivity (Wildman–Crippen MR) is 63.4 cm³/mol. The van der Waals surface area contributed by atoms with E-state index in [-0.39, 0.29) is 12.6 Å². The molecule has 3 nitrogen and oxygen atoms in total. The predicted octanol–water partition coefficient (Wildman–Crippen LogP) is 2.60. The summed E-state index contributed by atoms with van der Waals surface area (Å²) in [6, 6.07) is 3.55. The van der Waals surface area contributed by atoms with Crippen LogP contribution in [0.3, 0.4) is 0 Å². The molecule has 1 aromatic carbocycles. The van der Waals surface area contributed by atoms with E-state index in [0.29, 0.717) is 22.4 Å². The SMILES string of the molecule is O=C(CBr)c1cc2c(cc1I)OCO2. The molecule has 0 saturated carbocycles. The van der Waals surface area contributed by atoms with Crippen LogP contribution in [0.25, 0.3) is 0 Å². The molecule has 5 heteroatoms. The van der Waals surface area contributed by atoms with Gasteiger partial charge in [0.15, 0.2) is 17.3 Å². The Bertz CT molecular complexity index is 392. The van der Waals surface area contributed by atoms with Gasteiger partial charge in [0, 0.05) is 9.13 Å². The van der Waals surface area contributed by atoms with Crippen molar-refractivity contribution in [3.63, 3.8) is 0 Å². The number of carbonyl (C=O) groups is 1. The zero-order valence-corrected chi connectivity index (χ0v) is 10.8. The number of fused-ring (bicyclic) bond motifs is 1. The van der Waals surface area contributed by atoms with Crippen molar-refractivity contribution in [2.75, 3.05) is 12.1 Å². The summed E-state index contributed by atoms with van der Waals surface area (Å²) in [4.78, 5) is 11.5. The molecule has 0 saturated heterocycles. The molecule has 2 rings (SSSR count). The first-order chi connectivity index (χ1) is 6.72. The van der Waals surface area contributed by atoms with Crippen LogP contribution in [0.5, 0.6) is 11.5 Å². The summed E-state index contributed by atoms with van der Waals surface area (Å²) in [6.45, 7) is 0.234. The van der Waals surface area contributed by atoms with Gasteiger partial charge in [-0.05, 0) is 34.7 Å². The number of alkyl halides is 1. The van der Waals surface area contributed by atoms with Gasteiger partial charge in [0.05, 0.1) is 5.33 Å². The molecule has 0 unspecified atom stereocenters. The molecule has 0 spiro atoms. The number of halogens is 2. The number of carbonyl (C=O) groups excluding carboxylic acids is 1. The van der Waals surface area contributed by atoms with E-state index >= 15 is 0 Å². The van der Waals surface area contributed by atoms with Gasteiger partial charge in [-0.1, -0.05) is 15.9 Å². The fourth-order valence-corrected chi connectivity index (χ4v) is 2.24. The molecular formula is C9H6BrIO3. The maximum atomic E-state index is 11.5. The van der Waals surface area contributed by atoms with Gasteiger partial charge in [0.2, 0.25) is 6.79 Å². The average Bonchev–Trinajstić information content (AvgIpc) is 2.62. The van der Waals surface area contributed by atoms with Gasteiger partial charge in [-0.15, -0.1) is 0 Å². The molecule has 0 amide bonds. The van der Waals surface area contributed by atoms with Crippen molar-refractivity contribution in [3.05, 3.63) is 21.3 Å². The summed E-state index contributed by atoms with van der Waals surface area (Å²) < 4.78 is 11.3. The highest BCUT2D eigenvalue weighted by atomic mass is 127. The summed E-state index contributed by atoms with van der Waals surface area (Å²) in [5.41, 5.74) is 0.673. The molecule has 0 fully saturated rings. The highest BCUT2D eigenvalue weighted by Gasteiger charge is 2.18. The van der Waals surface area contributed by atoms with E-state index in [4.69, 9.17) is 9.47 Å². The second-order valence-electron chi connectivity index (χ2n) is 2.74. The van der Waals surface area contributed by atoms with Gasteiger partial charge in [-0.2, -0.15) is 0 Å². The smallest absolute Gasteiger partial charge is 0.231 e. The lowest BCUT2D eigenvalue weighted by Gasteiger charge is -2.03. The van der Waals surface area contributed by atoms with Crippen LogP contribution in [0.15, 0.2) is 12.1 Å². The van der Waals surface area contributed by atoms with Crippen molar-refractivity contribution in [2.45, 2.75) is 0 Å². The van der Waals surface area contributed by atoms with E-state index < -0.39 is 0 Å². The summed E-state index contributed by atoms with van der Waals surface area (Å²) in [6.07, 6.45) is 0. The van der Waals surface area contributed by atoms with Crippen molar-refractivity contribution in [1.82, 2.24) is 0 Å². The zero-order valence-electron chi connectivity index (χ0n) is 7.05. The molecule has 1 aliphatic heterocycles. The molecule has 1 aromatic rings. The van der Waals surface area contributed by atoms with Crippen LogP contribution in [-0.2, 0) is 0 Å². The minimum absolute atomic E-state index is 0.0488. The first-order valence-electron chi connectivity index (χ1n) is 3.90. The van der Waals surface area contributed by atoms with Gasteiger partial charge >= 0.3 is 0 Å². The first kappa shape index (κ1) is 10.2. The van der Waals surface area contributed by atoms with E-state index in [1.165, 1.54) is 0 Å². The third-order valence-electron chi connectivity index (χ3n) is 1.88. The topological polar surface area (TPSA) is 35.5 Å². The number of ketones is 1. The minimum Gasteiger partial charge on any atom is -0.454 e. The summed E-state index contributed by atoms with van der Waals surface area (Å²) in [5.74, 6) is 1.41. The van der Waals surface area contributed by atoms with Crippen molar-refractivity contribution in [2.24, 2.45) is 0 Å². The Labute approximate surface area is 103 Å². The molecule has 0 atom stereocenters. The number of hydrogen-bond acceptors (Lipinski definition) is 3.